The number of halogens is 1. The Balaban J connectivity index is 1.81. The predicted molar refractivity (Wildman–Crippen MR) is 93.2 cm³/mol. The summed E-state index contributed by atoms with van der Waals surface area (Å²) < 4.78 is 36.8. The van der Waals surface area contributed by atoms with E-state index in [0.717, 1.165) is 10.9 Å². The molecule has 0 atom stereocenters. The summed E-state index contributed by atoms with van der Waals surface area (Å²) in [5.74, 6) is 0.488. The highest BCUT2D eigenvalue weighted by molar-refractivity contribution is 7.91. The minimum absolute atomic E-state index is 0.0727. The zero-order valence-electron chi connectivity index (χ0n) is 13.2. The maximum absolute atomic E-state index is 12.9. The monoisotopic (exact) mass is 344 g/mol. The fraction of sp³-hybridized carbons (Fsp3) is 0.167. The first-order valence-corrected chi connectivity index (χ1v) is 9.25. The molecule has 1 heterocycles. The number of hydrogen-bond acceptors (Lipinski definition) is 4. The maximum atomic E-state index is 12.9. The molecular formula is C18H17FN2O2S. The van der Waals surface area contributed by atoms with Gasteiger partial charge in [0.15, 0.2) is 9.84 Å². The van der Waals surface area contributed by atoms with Crippen LogP contribution >= 0.6 is 0 Å². The van der Waals surface area contributed by atoms with Crippen molar-refractivity contribution in [2.45, 2.75) is 18.4 Å². The van der Waals surface area contributed by atoms with Crippen molar-refractivity contribution in [3.8, 4) is 0 Å². The summed E-state index contributed by atoms with van der Waals surface area (Å²) in [6.45, 7) is 2.15. The Kier molecular flexibility index (Phi) is 4.49. The van der Waals surface area contributed by atoms with Crippen molar-refractivity contribution in [3.63, 3.8) is 0 Å². The van der Waals surface area contributed by atoms with E-state index in [9.17, 15) is 12.8 Å². The average Bonchev–Trinajstić information content (AvgIpc) is 2.60. The van der Waals surface area contributed by atoms with E-state index in [-0.39, 0.29) is 11.6 Å². The first-order valence-electron chi connectivity index (χ1n) is 7.60. The molecule has 0 aliphatic rings. The van der Waals surface area contributed by atoms with Crippen LogP contribution in [0, 0.1) is 5.82 Å². The first kappa shape index (κ1) is 16.4. The Morgan fingerprint density at radius 1 is 1.04 bits per heavy atom. The van der Waals surface area contributed by atoms with Crippen molar-refractivity contribution in [2.24, 2.45) is 0 Å². The van der Waals surface area contributed by atoms with Crippen LogP contribution in [0.25, 0.3) is 10.9 Å². The van der Waals surface area contributed by atoms with Gasteiger partial charge >= 0.3 is 0 Å². The number of anilines is 1. The fourth-order valence-electron chi connectivity index (χ4n) is 2.36. The van der Waals surface area contributed by atoms with Crippen molar-refractivity contribution in [3.05, 3.63) is 66.0 Å². The van der Waals surface area contributed by atoms with Crippen LogP contribution < -0.4 is 5.32 Å². The number of hydrogen-bond donors (Lipinski definition) is 1. The molecule has 4 nitrogen and oxygen atoms in total. The minimum atomic E-state index is -3.22. The Labute approximate surface area is 140 Å². The van der Waals surface area contributed by atoms with Crippen LogP contribution in [-0.2, 0) is 16.4 Å². The van der Waals surface area contributed by atoms with Gasteiger partial charge in [-0.05, 0) is 48.0 Å². The quantitative estimate of drug-likeness (QED) is 0.765. The second kappa shape index (κ2) is 6.57. The number of nitrogens with zero attached hydrogens (tertiary/aromatic N) is 1. The van der Waals surface area contributed by atoms with E-state index in [0.29, 0.717) is 22.8 Å². The van der Waals surface area contributed by atoms with Crippen molar-refractivity contribution in [2.75, 3.05) is 11.1 Å². The van der Waals surface area contributed by atoms with Gasteiger partial charge in [0.05, 0.1) is 16.2 Å². The Morgan fingerprint density at radius 3 is 2.50 bits per heavy atom. The van der Waals surface area contributed by atoms with E-state index in [1.165, 1.54) is 12.1 Å². The Bertz CT molecular complexity index is 970. The van der Waals surface area contributed by atoms with Crippen molar-refractivity contribution in [1.29, 1.82) is 0 Å². The average molecular weight is 344 g/mol. The molecule has 0 aliphatic heterocycles. The van der Waals surface area contributed by atoms with E-state index >= 15 is 0 Å². The van der Waals surface area contributed by atoms with E-state index in [4.69, 9.17) is 0 Å². The van der Waals surface area contributed by atoms with E-state index in [1.54, 1.807) is 43.3 Å². The summed E-state index contributed by atoms with van der Waals surface area (Å²) >= 11 is 0. The zero-order chi connectivity index (χ0) is 17.2. The van der Waals surface area contributed by atoms with Gasteiger partial charge in [0.2, 0.25) is 0 Å². The van der Waals surface area contributed by atoms with Gasteiger partial charge < -0.3 is 5.32 Å². The molecule has 24 heavy (non-hydrogen) atoms. The molecule has 124 valence electrons. The number of rotatable bonds is 5. The van der Waals surface area contributed by atoms with Crippen LogP contribution in [0.3, 0.4) is 0 Å². The third-order valence-electron chi connectivity index (χ3n) is 3.79. The van der Waals surface area contributed by atoms with Crippen LogP contribution in [0.15, 0.2) is 59.5 Å². The highest BCUT2D eigenvalue weighted by Gasteiger charge is 2.12. The number of sulfone groups is 1. The lowest BCUT2D eigenvalue weighted by molar-refractivity contribution is 0.597. The molecule has 0 aliphatic carbocycles. The summed E-state index contributed by atoms with van der Waals surface area (Å²) in [4.78, 5) is 4.79. The highest BCUT2D eigenvalue weighted by atomic mass is 32.2. The third-order valence-corrected chi connectivity index (χ3v) is 5.52. The van der Waals surface area contributed by atoms with Gasteiger partial charge in [-0.3, -0.25) is 0 Å². The Hall–Kier alpha value is -2.47. The smallest absolute Gasteiger partial charge is 0.178 e. The molecule has 3 aromatic rings. The van der Waals surface area contributed by atoms with Gasteiger partial charge in [0.1, 0.15) is 11.6 Å². The lowest BCUT2D eigenvalue weighted by atomic mass is 10.2. The lowest BCUT2D eigenvalue weighted by Gasteiger charge is -2.08. The molecule has 0 fully saturated rings. The minimum Gasteiger partial charge on any atom is -0.366 e. The predicted octanol–water partition coefficient (Wildman–Crippen LogP) is 3.78. The Morgan fingerprint density at radius 2 is 1.79 bits per heavy atom. The molecule has 0 spiro atoms. The summed E-state index contributed by atoms with van der Waals surface area (Å²) in [5, 5.41) is 3.95. The SMILES string of the molecule is CCS(=O)(=O)c1ccc2nc(NCc3ccc(F)cc3)ccc2c1. The van der Waals surface area contributed by atoms with Crippen LogP contribution in [0.1, 0.15) is 12.5 Å². The van der Waals surface area contributed by atoms with Gasteiger partial charge in [-0.15, -0.1) is 0 Å². The van der Waals surface area contributed by atoms with E-state index in [1.807, 2.05) is 6.07 Å². The normalized spacial score (nSPS) is 11.6. The first-order chi connectivity index (χ1) is 11.5. The van der Waals surface area contributed by atoms with Crippen molar-refractivity contribution < 1.29 is 12.8 Å². The molecule has 1 N–H and O–H groups in total. The number of benzene rings is 2. The molecule has 0 bridgehead atoms. The molecule has 3 rings (SSSR count). The van der Waals surface area contributed by atoms with Crippen molar-refractivity contribution in [1.82, 2.24) is 4.98 Å². The maximum Gasteiger partial charge on any atom is 0.178 e. The summed E-state index contributed by atoms with van der Waals surface area (Å²) in [6.07, 6.45) is 0. The van der Waals surface area contributed by atoms with E-state index < -0.39 is 9.84 Å². The second-order valence-electron chi connectivity index (χ2n) is 5.43. The van der Waals surface area contributed by atoms with Gasteiger partial charge in [0.25, 0.3) is 0 Å². The fourth-order valence-corrected chi connectivity index (χ4v) is 3.27. The van der Waals surface area contributed by atoms with Gasteiger partial charge in [0, 0.05) is 11.9 Å². The standard InChI is InChI=1S/C18H17FN2O2S/c1-2-24(22,23)16-8-9-17-14(11-16)5-10-18(21-17)20-12-13-3-6-15(19)7-4-13/h3-11H,2,12H2,1H3,(H,20,21). The molecule has 0 amide bonds. The van der Waals surface area contributed by atoms with Crippen LogP contribution in [0.2, 0.25) is 0 Å². The van der Waals surface area contributed by atoms with Crippen LogP contribution in [-0.4, -0.2) is 19.2 Å². The molecule has 2 aromatic carbocycles. The third kappa shape index (κ3) is 3.54. The summed E-state index contributed by atoms with van der Waals surface area (Å²) in [5.41, 5.74) is 1.66. The number of aromatic nitrogens is 1. The lowest BCUT2D eigenvalue weighted by Crippen LogP contribution is -2.04. The molecule has 0 radical (unpaired) electrons. The summed E-state index contributed by atoms with van der Waals surface area (Å²) in [6, 6.07) is 14.8. The van der Waals surface area contributed by atoms with Crippen LogP contribution in [0.5, 0.6) is 0 Å². The van der Waals surface area contributed by atoms with Crippen molar-refractivity contribution >= 4 is 26.6 Å². The van der Waals surface area contributed by atoms with Gasteiger partial charge in [-0.2, -0.15) is 0 Å². The largest absolute Gasteiger partial charge is 0.366 e. The molecular weight excluding hydrogens is 327 g/mol. The molecule has 0 saturated heterocycles. The number of pyridine rings is 1. The molecule has 0 unspecified atom stereocenters. The molecule has 0 saturated carbocycles. The number of nitrogens with one attached hydrogen (secondary N) is 1. The highest BCUT2D eigenvalue weighted by Crippen LogP contribution is 2.21. The zero-order valence-corrected chi connectivity index (χ0v) is 14.0. The number of fused-ring (bicyclic) bond motifs is 1. The van der Waals surface area contributed by atoms with Gasteiger partial charge in [-0.1, -0.05) is 19.1 Å². The molecule has 1 aromatic heterocycles. The van der Waals surface area contributed by atoms with Crippen LogP contribution in [0.4, 0.5) is 10.2 Å². The van der Waals surface area contributed by atoms with E-state index in [2.05, 4.69) is 10.3 Å². The summed E-state index contributed by atoms with van der Waals surface area (Å²) in [7, 11) is -3.22. The van der Waals surface area contributed by atoms with Gasteiger partial charge in [-0.25, -0.2) is 17.8 Å². The molecule has 6 heteroatoms. The topological polar surface area (TPSA) is 59.1 Å². The second-order valence-corrected chi connectivity index (χ2v) is 7.71.